The van der Waals surface area contributed by atoms with Crippen LogP contribution in [0.1, 0.15) is 5.56 Å². The number of carbonyl (C=O) groups excluding carboxylic acids is 1. The van der Waals surface area contributed by atoms with Crippen LogP contribution >= 0.6 is 0 Å². The van der Waals surface area contributed by atoms with Gasteiger partial charge in [0.25, 0.3) is 0 Å². The molecular weight excluding hydrogens is 314 g/mol. The highest BCUT2D eigenvalue weighted by atomic mass is 19.3. The molecule has 120 valence electrons. The van der Waals surface area contributed by atoms with Gasteiger partial charge in [0.2, 0.25) is 5.91 Å². The summed E-state index contributed by atoms with van der Waals surface area (Å²) in [5.41, 5.74) is 0.686. The fourth-order valence-electron chi connectivity index (χ4n) is 1.69. The lowest BCUT2D eigenvalue weighted by Gasteiger charge is -2.04. The summed E-state index contributed by atoms with van der Waals surface area (Å²) in [6.45, 7) is -2.90. The van der Waals surface area contributed by atoms with Crippen molar-refractivity contribution in [2.45, 2.75) is 6.61 Å². The van der Waals surface area contributed by atoms with Crippen molar-refractivity contribution < 1.29 is 27.1 Å². The summed E-state index contributed by atoms with van der Waals surface area (Å²) in [5.74, 6) is -2.63. The van der Waals surface area contributed by atoms with E-state index >= 15 is 0 Å². The maximum atomic E-state index is 13.0. The standard InChI is InChI=1S/C16H11F4NO2/c17-13-7-4-11(9-14(13)18)21-15(22)8-3-10-1-5-12(6-2-10)23-16(19)20/h1-9,16H,(H,21,22). The molecule has 0 atom stereocenters. The van der Waals surface area contributed by atoms with Crippen LogP contribution in [0.5, 0.6) is 5.75 Å². The normalized spacial score (nSPS) is 11.0. The molecule has 2 aromatic rings. The van der Waals surface area contributed by atoms with Gasteiger partial charge in [0.05, 0.1) is 0 Å². The molecule has 1 amide bonds. The van der Waals surface area contributed by atoms with Crippen molar-refractivity contribution >= 4 is 17.7 Å². The van der Waals surface area contributed by atoms with E-state index in [4.69, 9.17) is 0 Å². The number of hydrogen-bond donors (Lipinski definition) is 1. The Hall–Kier alpha value is -2.83. The van der Waals surface area contributed by atoms with E-state index < -0.39 is 24.2 Å². The molecule has 0 spiro atoms. The van der Waals surface area contributed by atoms with Crippen LogP contribution in [0, 0.1) is 11.6 Å². The highest BCUT2D eigenvalue weighted by molar-refractivity contribution is 6.01. The first kappa shape index (κ1) is 16.5. The van der Waals surface area contributed by atoms with Crippen molar-refractivity contribution in [1.82, 2.24) is 0 Å². The van der Waals surface area contributed by atoms with Crippen LogP contribution in [0.25, 0.3) is 6.08 Å². The molecule has 0 radical (unpaired) electrons. The predicted octanol–water partition coefficient (Wildman–Crippen LogP) is 4.22. The minimum atomic E-state index is -2.90. The monoisotopic (exact) mass is 325 g/mol. The van der Waals surface area contributed by atoms with E-state index in [1.165, 1.54) is 42.5 Å². The highest BCUT2D eigenvalue weighted by Gasteiger charge is 2.05. The van der Waals surface area contributed by atoms with E-state index in [0.717, 1.165) is 12.1 Å². The number of amides is 1. The molecule has 23 heavy (non-hydrogen) atoms. The summed E-state index contributed by atoms with van der Waals surface area (Å²) in [6, 6.07) is 8.62. The Kier molecular flexibility index (Phi) is 5.35. The fourth-order valence-corrected chi connectivity index (χ4v) is 1.69. The first-order valence-corrected chi connectivity index (χ1v) is 6.43. The van der Waals surface area contributed by atoms with Gasteiger partial charge in [-0.1, -0.05) is 12.1 Å². The van der Waals surface area contributed by atoms with E-state index in [0.29, 0.717) is 5.56 Å². The number of nitrogens with one attached hydrogen (secondary N) is 1. The second kappa shape index (κ2) is 7.44. The van der Waals surface area contributed by atoms with Crippen LogP contribution in [0.3, 0.4) is 0 Å². The minimum absolute atomic E-state index is 0.00314. The zero-order valence-corrected chi connectivity index (χ0v) is 11.6. The van der Waals surface area contributed by atoms with Gasteiger partial charge in [-0.05, 0) is 35.9 Å². The molecular formula is C16H11F4NO2. The molecule has 0 aliphatic rings. The van der Waals surface area contributed by atoms with Gasteiger partial charge in [-0.3, -0.25) is 4.79 Å². The molecule has 0 fully saturated rings. The Morgan fingerprint density at radius 3 is 2.35 bits per heavy atom. The van der Waals surface area contributed by atoms with Crippen molar-refractivity contribution in [3.05, 3.63) is 65.7 Å². The molecule has 3 nitrogen and oxygen atoms in total. The average molecular weight is 325 g/mol. The first-order chi connectivity index (χ1) is 10.9. The zero-order valence-electron chi connectivity index (χ0n) is 11.6. The largest absolute Gasteiger partial charge is 0.435 e. The van der Waals surface area contributed by atoms with Gasteiger partial charge < -0.3 is 10.1 Å². The predicted molar refractivity (Wildman–Crippen MR) is 77.1 cm³/mol. The lowest BCUT2D eigenvalue weighted by Crippen LogP contribution is -2.08. The van der Waals surface area contributed by atoms with Crippen LogP contribution in [0.2, 0.25) is 0 Å². The second-order valence-corrected chi connectivity index (χ2v) is 4.40. The van der Waals surface area contributed by atoms with Gasteiger partial charge in [-0.2, -0.15) is 8.78 Å². The first-order valence-electron chi connectivity index (χ1n) is 6.43. The number of carbonyl (C=O) groups is 1. The number of benzene rings is 2. The maximum absolute atomic E-state index is 13.0. The van der Waals surface area contributed by atoms with Crippen molar-refractivity contribution in [2.75, 3.05) is 5.32 Å². The smallest absolute Gasteiger partial charge is 0.387 e. The Balaban J connectivity index is 1.96. The van der Waals surface area contributed by atoms with E-state index in [2.05, 4.69) is 10.1 Å². The summed E-state index contributed by atoms with van der Waals surface area (Å²) in [6.07, 6.45) is 2.60. The molecule has 2 aromatic carbocycles. The van der Waals surface area contributed by atoms with Gasteiger partial charge in [0.1, 0.15) is 5.75 Å². The number of anilines is 1. The van der Waals surface area contributed by atoms with E-state index in [1.54, 1.807) is 0 Å². The SMILES string of the molecule is O=C(C=Cc1ccc(OC(F)F)cc1)Nc1ccc(F)c(F)c1. The van der Waals surface area contributed by atoms with E-state index in [1.807, 2.05) is 0 Å². The Bertz CT molecular complexity index is 715. The Morgan fingerprint density at radius 1 is 1.04 bits per heavy atom. The molecule has 0 heterocycles. The highest BCUT2D eigenvalue weighted by Crippen LogP contribution is 2.16. The molecule has 0 aliphatic heterocycles. The molecule has 7 heteroatoms. The summed E-state index contributed by atoms with van der Waals surface area (Å²) in [4.78, 5) is 11.7. The van der Waals surface area contributed by atoms with Crippen LogP contribution in [0.15, 0.2) is 48.5 Å². The topological polar surface area (TPSA) is 38.3 Å². The van der Waals surface area contributed by atoms with Crippen LogP contribution < -0.4 is 10.1 Å². The molecule has 0 unspecified atom stereocenters. The molecule has 0 aliphatic carbocycles. The molecule has 2 rings (SSSR count). The maximum Gasteiger partial charge on any atom is 0.387 e. The Labute approximate surface area is 129 Å². The number of rotatable bonds is 5. The third-order valence-electron chi connectivity index (χ3n) is 2.72. The number of ether oxygens (including phenoxy) is 1. The molecule has 0 aromatic heterocycles. The van der Waals surface area contributed by atoms with Crippen molar-refractivity contribution in [3.63, 3.8) is 0 Å². The van der Waals surface area contributed by atoms with E-state index in [-0.39, 0.29) is 11.4 Å². The summed E-state index contributed by atoms with van der Waals surface area (Å²) in [5, 5.41) is 2.36. The van der Waals surface area contributed by atoms with Crippen molar-refractivity contribution in [3.8, 4) is 5.75 Å². The summed E-state index contributed by atoms with van der Waals surface area (Å²) in [7, 11) is 0. The summed E-state index contributed by atoms with van der Waals surface area (Å²) >= 11 is 0. The van der Waals surface area contributed by atoms with Crippen molar-refractivity contribution in [2.24, 2.45) is 0 Å². The third kappa shape index (κ3) is 5.14. The van der Waals surface area contributed by atoms with Gasteiger partial charge in [0.15, 0.2) is 11.6 Å². The average Bonchev–Trinajstić information content (AvgIpc) is 2.50. The zero-order chi connectivity index (χ0) is 16.8. The number of halogens is 4. The fraction of sp³-hybridized carbons (Fsp3) is 0.0625. The molecule has 0 bridgehead atoms. The third-order valence-corrected chi connectivity index (χ3v) is 2.72. The van der Waals surface area contributed by atoms with Gasteiger partial charge >= 0.3 is 6.61 Å². The van der Waals surface area contributed by atoms with Crippen LogP contribution in [-0.2, 0) is 4.79 Å². The Morgan fingerprint density at radius 2 is 1.74 bits per heavy atom. The number of hydrogen-bond acceptors (Lipinski definition) is 2. The lowest BCUT2D eigenvalue weighted by atomic mass is 10.2. The summed E-state index contributed by atoms with van der Waals surface area (Å²) < 4.78 is 53.9. The lowest BCUT2D eigenvalue weighted by molar-refractivity contribution is -0.111. The van der Waals surface area contributed by atoms with Gasteiger partial charge in [0, 0.05) is 17.8 Å². The second-order valence-electron chi connectivity index (χ2n) is 4.40. The quantitative estimate of drug-likeness (QED) is 0.660. The number of alkyl halides is 2. The molecule has 1 N–H and O–H groups in total. The van der Waals surface area contributed by atoms with E-state index in [9.17, 15) is 22.4 Å². The molecule has 0 saturated carbocycles. The minimum Gasteiger partial charge on any atom is -0.435 e. The van der Waals surface area contributed by atoms with Crippen molar-refractivity contribution in [1.29, 1.82) is 0 Å². The van der Waals surface area contributed by atoms with Crippen LogP contribution in [-0.4, -0.2) is 12.5 Å². The van der Waals surface area contributed by atoms with Gasteiger partial charge in [-0.25, -0.2) is 8.78 Å². The van der Waals surface area contributed by atoms with Crippen LogP contribution in [0.4, 0.5) is 23.2 Å². The molecule has 0 saturated heterocycles. The van der Waals surface area contributed by atoms with Gasteiger partial charge in [-0.15, -0.1) is 0 Å².